The van der Waals surface area contributed by atoms with Crippen molar-refractivity contribution in [2.45, 2.75) is 32.8 Å². The van der Waals surface area contributed by atoms with E-state index >= 15 is 0 Å². The molecule has 2 aromatic rings. The summed E-state index contributed by atoms with van der Waals surface area (Å²) in [7, 11) is 0. The zero-order valence-electron chi connectivity index (χ0n) is 14.5. The third kappa shape index (κ3) is 5.13. The normalized spacial score (nSPS) is 11.5. The molecule has 1 N–H and O–H groups in total. The molecule has 26 heavy (non-hydrogen) atoms. The smallest absolute Gasteiger partial charge is 0.341 e. The van der Waals surface area contributed by atoms with Gasteiger partial charge < -0.3 is 10.1 Å². The summed E-state index contributed by atoms with van der Waals surface area (Å²) < 4.78 is 5.18. The van der Waals surface area contributed by atoms with Crippen LogP contribution in [0.2, 0.25) is 5.15 Å². The van der Waals surface area contributed by atoms with E-state index in [2.05, 4.69) is 10.3 Å². The van der Waals surface area contributed by atoms with E-state index in [4.69, 9.17) is 16.3 Å². The van der Waals surface area contributed by atoms with Crippen LogP contribution in [0.25, 0.3) is 0 Å². The van der Waals surface area contributed by atoms with E-state index in [9.17, 15) is 14.4 Å². The number of nitrogens with one attached hydrogen (secondary N) is 1. The molecule has 1 aromatic carbocycles. The van der Waals surface area contributed by atoms with Crippen LogP contribution in [0, 0.1) is 0 Å². The number of amides is 1. The number of hydrogen-bond donors (Lipinski definition) is 1. The van der Waals surface area contributed by atoms with Crippen molar-refractivity contribution >= 4 is 34.9 Å². The topological polar surface area (TPSA) is 85.4 Å². The van der Waals surface area contributed by atoms with Crippen LogP contribution >= 0.6 is 11.6 Å². The standard InChI is InChI=1S/C19H19ClN2O4/c1-3-5-16(23)22-14-9-7-13(8-10-14)17(24)12(2)26-19(25)15-6-4-11-21-18(15)20/h4,6-12H,3,5H2,1-2H3,(H,22,23)/t12-/m0/s1. The number of aromatic nitrogens is 1. The predicted octanol–water partition coefficient (Wildman–Crippen LogP) is 3.90. The SMILES string of the molecule is CCCC(=O)Nc1ccc(C(=O)[C@H](C)OC(=O)c2cccnc2Cl)cc1. The molecule has 0 radical (unpaired) electrons. The van der Waals surface area contributed by atoms with Crippen LogP contribution < -0.4 is 5.32 Å². The highest BCUT2D eigenvalue weighted by molar-refractivity contribution is 6.32. The number of hydrogen-bond acceptors (Lipinski definition) is 5. The highest BCUT2D eigenvalue weighted by Crippen LogP contribution is 2.16. The summed E-state index contributed by atoms with van der Waals surface area (Å²) in [6.45, 7) is 3.41. The number of halogens is 1. The number of carbonyl (C=O) groups excluding carboxylic acids is 3. The number of benzene rings is 1. The average molecular weight is 375 g/mol. The van der Waals surface area contributed by atoms with E-state index in [1.807, 2.05) is 6.92 Å². The Morgan fingerprint density at radius 3 is 2.50 bits per heavy atom. The van der Waals surface area contributed by atoms with Crippen LogP contribution in [0.15, 0.2) is 42.6 Å². The summed E-state index contributed by atoms with van der Waals surface area (Å²) in [6.07, 6.45) is 1.66. The van der Waals surface area contributed by atoms with Gasteiger partial charge in [-0.3, -0.25) is 9.59 Å². The number of carbonyl (C=O) groups is 3. The first-order valence-electron chi connectivity index (χ1n) is 8.18. The molecule has 1 heterocycles. The lowest BCUT2D eigenvalue weighted by Gasteiger charge is -2.13. The Balaban J connectivity index is 2.00. The maximum Gasteiger partial charge on any atom is 0.341 e. The van der Waals surface area contributed by atoms with Gasteiger partial charge >= 0.3 is 5.97 Å². The van der Waals surface area contributed by atoms with Gasteiger partial charge in [-0.1, -0.05) is 18.5 Å². The van der Waals surface area contributed by atoms with Crippen molar-refractivity contribution < 1.29 is 19.1 Å². The van der Waals surface area contributed by atoms with Crippen molar-refractivity contribution in [3.8, 4) is 0 Å². The third-order valence-electron chi connectivity index (χ3n) is 3.56. The molecule has 2 rings (SSSR count). The van der Waals surface area contributed by atoms with Crippen molar-refractivity contribution in [3.05, 3.63) is 58.9 Å². The Kier molecular flexibility index (Phi) is 6.86. The molecule has 7 heteroatoms. The van der Waals surface area contributed by atoms with Gasteiger partial charge in [0.05, 0.1) is 5.56 Å². The maximum atomic E-state index is 12.4. The van der Waals surface area contributed by atoms with Gasteiger partial charge in [-0.25, -0.2) is 9.78 Å². The first kappa shape index (κ1) is 19.6. The largest absolute Gasteiger partial charge is 0.451 e. The van der Waals surface area contributed by atoms with Crippen LogP contribution in [0.1, 0.15) is 47.4 Å². The molecular weight excluding hydrogens is 356 g/mol. The van der Waals surface area contributed by atoms with Gasteiger partial charge in [0.1, 0.15) is 5.15 Å². The number of rotatable bonds is 7. The molecule has 0 saturated heterocycles. The number of nitrogens with zero attached hydrogens (tertiary/aromatic N) is 1. The number of ether oxygens (including phenoxy) is 1. The van der Waals surface area contributed by atoms with Gasteiger partial charge in [0.25, 0.3) is 0 Å². The van der Waals surface area contributed by atoms with Gasteiger partial charge in [-0.05, 0) is 49.7 Å². The van der Waals surface area contributed by atoms with Crippen molar-refractivity contribution in [2.75, 3.05) is 5.32 Å². The van der Waals surface area contributed by atoms with Gasteiger partial charge in [-0.15, -0.1) is 0 Å². The second-order valence-electron chi connectivity index (χ2n) is 5.63. The molecule has 0 aliphatic heterocycles. The lowest BCUT2D eigenvalue weighted by molar-refractivity contribution is -0.116. The van der Waals surface area contributed by atoms with Crippen LogP contribution in [0.3, 0.4) is 0 Å². The highest BCUT2D eigenvalue weighted by atomic mass is 35.5. The zero-order chi connectivity index (χ0) is 19.1. The van der Waals surface area contributed by atoms with E-state index in [0.29, 0.717) is 17.7 Å². The molecule has 0 aliphatic carbocycles. The van der Waals surface area contributed by atoms with Crippen LogP contribution in [0.5, 0.6) is 0 Å². The molecule has 1 atom stereocenters. The molecular formula is C19H19ClN2O4. The quantitative estimate of drug-likeness (QED) is 0.451. The maximum absolute atomic E-state index is 12.4. The number of pyridine rings is 1. The van der Waals surface area contributed by atoms with E-state index in [1.54, 1.807) is 30.3 Å². The fourth-order valence-electron chi connectivity index (χ4n) is 2.22. The molecule has 0 aliphatic rings. The fourth-order valence-corrected chi connectivity index (χ4v) is 2.42. The Bertz CT molecular complexity index is 805. The summed E-state index contributed by atoms with van der Waals surface area (Å²) >= 11 is 5.85. The second kappa shape index (κ2) is 9.10. The Labute approximate surface area is 156 Å². The van der Waals surface area contributed by atoms with E-state index in [0.717, 1.165) is 6.42 Å². The lowest BCUT2D eigenvalue weighted by Crippen LogP contribution is -2.24. The molecule has 0 spiro atoms. The molecule has 1 aromatic heterocycles. The highest BCUT2D eigenvalue weighted by Gasteiger charge is 2.22. The van der Waals surface area contributed by atoms with E-state index < -0.39 is 12.1 Å². The van der Waals surface area contributed by atoms with Gasteiger partial charge in [0, 0.05) is 23.9 Å². The second-order valence-corrected chi connectivity index (χ2v) is 5.99. The Morgan fingerprint density at radius 2 is 1.88 bits per heavy atom. The Hall–Kier alpha value is -2.73. The first-order valence-corrected chi connectivity index (χ1v) is 8.55. The minimum absolute atomic E-state index is 0.0179. The summed E-state index contributed by atoms with van der Waals surface area (Å²) in [5.41, 5.74) is 1.07. The van der Waals surface area contributed by atoms with Gasteiger partial charge in [-0.2, -0.15) is 0 Å². The number of esters is 1. The molecule has 0 unspecified atom stereocenters. The molecule has 136 valence electrons. The zero-order valence-corrected chi connectivity index (χ0v) is 15.2. The summed E-state index contributed by atoms with van der Waals surface area (Å²) in [4.78, 5) is 39.9. The van der Waals surface area contributed by atoms with Crippen LogP contribution in [-0.2, 0) is 9.53 Å². The summed E-state index contributed by atoms with van der Waals surface area (Å²) in [5, 5.41) is 2.76. The summed E-state index contributed by atoms with van der Waals surface area (Å²) in [6, 6.07) is 9.44. The number of ketones is 1. The summed E-state index contributed by atoms with van der Waals surface area (Å²) in [5.74, 6) is -1.15. The van der Waals surface area contributed by atoms with E-state index in [1.165, 1.54) is 19.2 Å². The fraction of sp³-hybridized carbons (Fsp3) is 0.263. The average Bonchev–Trinajstić information content (AvgIpc) is 2.62. The monoisotopic (exact) mass is 374 g/mol. The molecule has 0 bridgehead atoms. The van der Waals surface area contributed by atoms with Crippen LogP contribution in [0.4, 0.5) is 5.69 Å². The number of anilines is 1. The first-order chi connectivity index (χ1) is 12.4. The minimum Gasteiger partial charge on any atom is -0.451 e. The molecule has 0 saturated carbocycles. The molecule has 0 fully saturated rings. The van der Waals surface area contributed by atoms with Crippen molar-refractivity contribution in [3.63, 3.8) is 0 Å². The van der Waals surface area contributed by atoms with Crippen molar-refractivity contribution in [2.24, 2.45) is 0 Å². The van der Waals surface area contributed by atoms with Crippen LogP contribution in [-0.4, -0.2) is 28.7 Å². The van der Waals surface area contributed by atoms with Gasteiger partial charge in [0.15, 0.2) is 6.10 Å². The lowest BCUT2D eigenvalue weighted by atomic mass is 10.1. The predicted molar refractivity (Wildman–Crippen MR) is 98.4 cm³/mol. The number of Topliss-reactive ketones (excluding diaryl/α,β-unsaturated/α-hetero) is 1. The minimum atomic E-state index is -0.987. The van der Waals surface area contributed by atoms with E-state index in [-0.39, 0.29) is 22.4 Å². The Morgan fingerprint density at radius 1 is 1.19 bits per heavy atom. The van der Waals surface area contributed by atoms with Crippen molar-refractivity contribution in [1.82, 2.24) is 4.98 Å². The van der Waals surface area contributed by atoms with Gasteiger partial charge in [0.2, 0.25) is 11.7 Å². The molecule has 6 nitrogen and oxygen atoms in total. The molecule has 1 amide bonds. The third-order valence-corrected chi connectivity index (χ3v) is 3.86. The van der Waals surface area contributed by atoms with Crippen molar-refractivity contribution in [1.29, 1.82) is 0 Å².